The van der Waals surface area contributed by atoms with Gasteiger partial charge in [-0.2, -0.15) is 22.0 Å². The van der Waals surface area contributed by atoms with E-state index >= 15 is 0 Å². The van der Waals surface area contributed by atoms with Gasteiger partial charge in [-0.05, 0) is 19.1 Å². The molecule has 0 bridgehead atoms. The summed E-state index contributed by atoms with van der Waals surface area (Å²) < 4.78 is 92.6. The minimum Gasteiger partial charge on any atom is -0.458 e. The second-order valence-corrected chi connectivity index (χ2v) is 8.21. The van der Waals surface area contributed by atoms with Crippen LogP contribution in [0.25, 0.3) is 11.3 Å². The zero-order valence-electron chi connectivity index (χ0n) is 15.4. The highest BCUT2D eigenvalue weighted by molar-refractivity contribution is 7.91. The van der Waals surface area contributed by atoms with Crippen LogP contribution in [-0.2, 0) is 16.9 Å². The maximum Gasteiger partial charge on any atom is 0.456 e. The van der Waals surface area contributed by atoms with Gasteiger partial charge in [0, 0.05) is 13.2 Å². The molecule has 0 radical (unpaired) electrons. The van der Waals surface area contributed by atoms with E-state index in [-0.39, 0.29) is 27.6 Å². The number of alkyl halides is 5. The smallest absolute Gasteiger partial charge is 0.456 e. The van der Waals surface area contributed by atoms with E-state index in [4.69, 9.17) is 0 Å². The largest absolute Gasteiger partial charge is 0.458 e. The van der Waals surface area contributed by atoms with Crippen molar-refractivity contribution in [3.05, 3.63) is 34.4 Å². The Bertz CT molecular complexity index is 1080. The van der Waals surface area contributed by atoms with Crippen molar-refractivity contribution in [2.24, 2.45) is 7.05 Å². The van der Waals surface area contributed by atoms with E-state index in [1.807, 2.05) is 0 Å². The maximum absolute atomic E-state index is 13.1. The Morgan fingerprint density at radius 2 is 1.83 bits per heavy atom. The number of aryl methyl sites for hydroxylation is 1. The highest BCUT2D eigenvalue weighted by Gasteiger charge is 2.58. The molecule has 160 valence electrons. The van der Waals surface area contributed by atoms with Gasteiger partial charge in [-0.15, -0.1) is 0 Å². The van der Waals surface area contributed by atoms with Crippen LogP contribution in [0.5, 0.6) is 6.01 Å². The molecule has 0 atom stereocenters. The Kier molecular flexibility index (Phi) is 6.02. The van der Waals surface area contributed by atoms with Crippen LogP contribution in [0.3, 0.4) is 0 Å². The molecule has 0 aromatic carbocycles. The number of halogens is 5. The summed E-state index contributed by atoms with van der Waals surface area (Å²) in [7, 11) is -2.74. The summed E-state index contributed by atoms with van der Waals surface area (Å²) in [6, 6.07) is 1.82. The summed E-state index contributed by atoms with van der Waals surface area (Å²) in [5.74, 6) is -5.42. The Labute approximate surface area is 162 Å². The van der Waals surface area contributed by atoms with Gasteiger partial charge >= 0.3 is 12.1 Å². The lowest BCUT2D eigenvalue weighted by atomic mass is 10.1. The molecule has 0 spiro atoms. The van der Waals surface area contributed by atoms with Crippen LogP contribution in [0.2, 0.25) is 0 Å². The highest BCUT2D eigenvalue weighted by atomic mass is 32.2. The molecule has 29 heavy (non-hydrogen) atoms. The molecule has 0 N–H and O–H groups in total. The van der Waals surface area contributed by atoms with Crippen LogP contribution < -0.4 is 10.3 Å². The van der Waals surface area contributed by atoms with Crippen LogP contribution in [0.15, 0.2) is 28.0 Å². The van der Waals surface area contributed by atoms with Gasteiger partial charge in [0.05, 0.1) is 27.6 Å². The fraction of sp³-hybridized carbons (Fsp3) is 0.438. The average molecular weight is 441 g/mol. The highest BCUT2D eigenvalue weighted by Crippen LogP contribution is 2.35. The van der Waals surface area contributed by atoms with Crippen molar-refractivity contribution in [2.75, 3.05) is 12.4 Å². The Hall–Kier alpha value is -2.57. The Morgan fingerprint density at radius 3 is 2.38 bits per heavy atom. The first-order valence-electron chi connectivity index (χ1n) is 8.06. The molecule has 2 rings (SSSR count). The summed E-state index contributed by atoms with van der Waals surface area (Å²) in [6.45, 7) is 0.574. The van der Waals surface area contributed by atoms with E-state index in [0.29, 0.717) is 4.57 Å². The molecular weight excluding hydrogens is 425 g/mol. The molecule has 0 saturated carbocycles. The normalized spacial score (nSPS) is 12.8. The average Bonchev–Trinajstić information content (AvgIpc) is 2.63. The van der Waals surface area contributed by atoms with Gasteiger partial charge in [0.1, 0.15) is 0 Å². The first-order chi connectivity index (χ1) is 13.2. The topological polar surface area (TPSA) is 91.2 Å². The van der Waals surface area contributed by atoms with Crippen molar-refractivity contribution < 1.29 is 35.1 Å². The molecule has 0 aliphatic rings. The van der Waals surface area contributed by atoms with Crippen molar-refractivity contribution in [2.45, 2.75) is 30.8 Å². The monoisotopic (exact) mass is 441 g/mol. The van der Waals surface area contributed by atoms with E-state index in [2.05, 4.69) is 14.7 Å². The zero-order chi connectivity index (χ0) is 22.2. The summed E-state index contributed by atoms with van der Waals surface area (Å²) in [5.41, 5.74) is -1.51. The summed E-state index contributed by atoms with van der Waals surface area (Å²) in [6.07, 6.45) is -4.59. The predicted octanol–water partition coefficient (Wildman–Crippen LogP) is 2.52. The third kappa shape index (κ3) is 4.38. The second kappa shape index (κ2) is 7.69. The van der Waals surface area contributed by atoms with E-state index in [1.54, 1.807) is 0 Å². The van der Waals surface area contributed by atoms with Gasteiger partial charge in [-0.3, -0.25) is 14.3 Å². The van der Waals surface area contributed by atoms with Crippen LogP contribution in [0.1, 0.15) is 12.6 Å². The third-order valence-corrected chi connectivity index (χ3v) is 5.71. The van der Waals surface area contributed by atoms with Crippen LogP contribution in [0.4, 0.5) is 22.0 Å². The number of hydrogen-bond donors (Lipinski definition) is 0. The van der Waals surface area contributed by atoms with Gasteiger partial charge < -0.3 is 4.74 Å². The predicted molar refractivity (Wildman–Crippen MR) is 91.7 cm³/mol. The van der Waals surface area contributed by atoms with Crippen molar-refractivity contribution >= 4 is 9.84 Å². The summed E-state index contributed by atoms with van der Waals surface area (Å²) in [4.78, 5) is 20.1. The molecule has 7 nitrogen and oxygen atoms in total. The first kappa shape index (κ1) is 22.7. The second-order valence-electron chi connectivity index (χ2n) is 5.96. The molecule has 0 saturated heterocycles. The Balaban J connectivity index is 2.56. The first-order valence-corrected chi connectivity index (χ1v) is 9.71. The molecule has 0 fully saturated rings. The fourth-order valence-corrected chi connectivity index (χ4v) is 3.35. The lowest BCUT2D eigenvalue weighted by Crippen LogP contribution is -2.42. The quantitative estimate of drug-likeness (QED) is 0.640. The molecule has 0 aliphatic carbocycles. The number of sulfone groups is 1. The summed E-state index contributed by atoms with van der Waals surface area (Å²) >= 11 is 0. The standard InChI is InChI=1S/C16H16F5N3O4S/c1-4-29(26,27)10-6-5-7-22-12(10)11-9(2)23-14(24(3)13(11)25)28-8-15(17,18)16(19,20)21/h5-7H,4,8H2,1-3H3. The zero-order valence-corrected chi connectivity index (χ0v) is 16.2. The molecule has 0 amide bonds. The van der Waals surface area contributed by atoms with Crippen molar-refractivity contribution in [3.63, 3.8) is 0 Å². The van der Waals surface area contributed by atoms with E-state index < -0.39 is 40.1 Å². The van der Waals surface area contributed by atoms with Gasteiger partial charge in [-0.1, -0.05) is 6.92 Å². The minimum absolute atomic E-state index is 0.148. The van der Waals surface area contributed by atoms with E-state index in [1.165, 1.54) is 32.2 Å². The number of nitrogens with zero attached hydrogens (tertiary/aromatic N) is 3. The van der Waals surface area contributed by atoms with Crippen molar-refractivity contribution in [3.8, 4) is 17.3 Å². The molecule has 0 unspecified atom stereocenters. The van der Waals surface area contributed by atoms with Crippen LogP contribution in [0, 0.1) is 6.92 Å². The number of pyridine rings is 1. The van der Waals surface area contributed by atoms with Gasteiger partial charge in [0.25, 0.3) is 11.6 Å². The number of rotatable bonds is 6. The fourth-order valence-electron chi connectivity index (χ4n) is 2.31. The van der Waals surface area contributed by atoms with Crippen LogP contribution >= 0.6 is 0 Å². The SMILES string of the molecule is CCS(=O)(=O)c1cccnc1-c1c(C)nc(OCC(F)(F)C(F)(F)F)n(C)c1=O. The van der Waals surface area contributed by atoms with Crippen molar-refractivity contribution in [1.82, 2.24) is 14.5 Å². The summed E-state index contributed by atoms with van der Waals surface area (Å²) in [5, 5.41) is 0. The number of aromatic nitrogens is 3. The molecule has 2 aromatic heterocycles. The molecule has 0 aliphatic heterocycles. The van der Waals surface area contributed by atoms with Crippen molar-refractivity contribution in [1.29, 1.82) is 0 Å². The lowest BCUT2D eigenvalue weighted by Gasteiger charge is -2.20. The van der Waals surface area contributed by atoms with E-state index in [0.717, 1.165) is 7.05 Å². The number of ether oxygens (including phenoxy) is 1. The lowest BCUT2D eigenvalue weighted by molar-refractivity contribution is -0.290. The third-order valence-electron chi connectivity index (χ3n) is 3.95. The van der Waals surface area contributed by atoms with E-state index in [9.17, 15) is 35.2 Å². The molecule has 2 aromatic rings. The van der Waals surface area contributed by atoms with Gasteiger partial charge in [0.15, 0.2) is 16.4 Å². The minimum atomic E-state index is -5.84. The Morgan fingerprint density at radius 1 is 1.21 bits per heavy atom. The van der Waals surface area contributed by atoms with Gasteiger partial charge in [0.2, 0.25) is 0 Å². The molecule has 13 heteroatoms. The number of hydrogen-bond acceptors (Lipinski definition) is 6. The van der Waals surface area contributed by atoms with Gasteiger partial charge in [-0.25, -0.2) is 13.4 Å². The molecule has 2 heterocycles. The van der Waals surface area contributed by atoms with Crippen LogP contribution in [-0.4, -0.2) is 47.4 Å². The maximum atomic E-state index is 13.1. The molecular formula is C16H16F5N3O4S.